The van der Waals surface area contributed by atoms with Gasteiger partial charge >= 0.3 is 0 Å². The van der Waals surface area contributed by atoms with Crippen LogP contribution in [0.4, 0.5) is 5.69 Å². The van der Waals surface area contributed by atoms with E-state index < -0.39 is 10.0 Å². The van der Waals surface area contributed by atoms with Crippen molar-refractivity contribution in [3.05, 3.63) is 90.5 Å². The van der Waals surface area contributed by atoms with E-state index >= 15 is 0 Å². The maximum absolute atomic E-state index is 12.4. The van der Waals surface area contributed by atoms with Gasteiger partial charge in [-0.15, -0.1) is 0 Å². The third-order valence-corrected chi connectivity index (χ3v) is 4.72. The zero-order valence-electron chi connectivity index (χ0n) is 12.5. The summed E-state index contributed by atoms with van der Waals surface area (Å²) in [6.07, 6.45) is 0. The lowest BCUT2D eigenvalue weighted by atomic mass is 10.0. The Morgan fingerprint density at radius 2 is 1.26 bits per heavy atom. The number of hydrogen-bond acceptors (Lipinski definition) is 2. The van der Waals surface area contributed by atoms with Crippen molar-refractivity contribution >= 4 is 15.7 Å². The van der Waals surface area contributed by atoms with Crippen LogP contribution in [0.15, 0.2) is 84.9 Å². The normalized spacial score (nSPS) is 11.1. The van der Waals surface area contributed by atoms with Gasteiger partial charge in [-0.3, -0.25) is 4.72 Å². The summed E-state index contributed by atoms with van der Waals surface area (Å²) in [5.74, 6) is -0.0447. The highest BCUT2D eigenvalue weighted by Gasteiger charge is 2.14. The predicted molar refractivity (Wildman–Crippen MR) is 94.6 cm³/mol. The van der Waals surface area contributed by atoms with Crippen LogP contribution in [0, 0.1) is 0 Å². The van der Waals surface area contributed by atoms with Crippen LogP contribution in [0.2, 0.25) is 0 Å². The molecule has 0 aliphatic heterocycles. The average molecular weight is 323 g/mol. The van der Waals surface area contributed by atoms with Gasteiger partial charge in [0.05, 0.1) is 11.4 Å². The van der Waals surface area contributed by atoms with Crippen molar-refractivity contribution < 1.29 is 8.42 Å². The first kappa shape index (κ1) is 15.3. The van der Waals surface area contributed by atoms with Gasteiger partial charge in [0.25, 0.3) is 0 Å². The first-order chi connectivity index (χ1) is 11.1. The Bertz CT molecular complexity index is 876. The lowest BCUT2D eigenvalue weighted by Gasteiger charge is -2.13. The molecule has 23 heavy (non-hydrogen) atoms. The summed E-state index contributed by atoms with van der Waals surface area (Å²) in [6.45, 7) is 0. The van der Waals surface area contributed by atoms with Gasteiger partial charge in [0.1, 0.15) is 0 Å². The summed E-state index contributed by atoms with van der Waals surface area (Å²) in [5, 5.41) is 0. The molecule has 0 heterocycles. The van der Waals surface area contributed by atoms with E-state index in [0.29, 0.717) is 5.69 Å². The lowest BCUT2D eigenvalue weighted by Crippen LogP contribution is -2.15. The summed E-state index contributed by atoms with van der Waals surface area (Å²) >= 11 is 0. The van der Waals surface area contributed by atoms with Crippen LogP contribution in [-0.2, 0) is 15.8 Å². The Balaban J connectivity index is 1.89. The van der Waals surface area contributed by atoms with E-state index in [1.165, 1.54) is 0 Å². The molecule has 0 aromatic heterocycles. The Morgan fingerprint density at radius 1 is 0.696 bits per heavy atom. The maximum atomic E-state index is 12.4. The standard InChI is InChI=1S/C19H17NO2S/c21-23(22,15-16-9-3-1-4-10-16)20-19-14-8-7-13-18(19)17-11-5-2-6-12-17/h1-14,20H,15H2. The van der Waals surface area contributed by atoms with Crippen molar-refractivity contribution in [2.75, 3.05) is 4.72 Å². The fourth-order valence-corrected chi connectivity index (χ4v) is 3.66. The molecule has 0 atom stereocenters. The summed E-state index contributed by atoms with van der Waals surface area (Å²) < 4.78 is 27.6. The molecule has 0 saturated heterocycles. The molecule has 3 aromatic carbocycles. The van der Waals surface area contributed by atoms with Gasteiger partial charge in [-0.2, -0.15) is 0 Å². The zero-order valence-corrected chi connectivity index (χ0v) is 13.3. The molecule has 0 aliphatic carbocycles. The van der Waals surface area contributed by atoms with E-state index in [0.717, 1.165) is 16.7 Å². The van der Waals surface area contributed by atoms with Crippen molar-refractivity contribution in [2.24, 2.45) is 0 Å². The molecular weight excluding hydrogens is 306 g/mol. The molecule has 0 unspecified atom stereocenters. The third kappa shape index (κ3) is 3.99. The molecular formula is C19H17NO2S. The molecule has 0 aliphatic rings. The van der Waals surface area contributed by atoms with E-state index in [4.69, 9.17) is 0 Å². The molecule has 0 fully saturated rings. The molecule has 0 saturated carbocycles. The Kier molecular flexibility index (Phi) is 4.44. The first-order valence-corrected chi connectivity index (χ1v) is 8.98. The largest absolute Gasteiger partial charge is 0.283 e. The molecule has 4 heteroatoms. The molecule has 0 bridgehead atoms. The monoisotopic (exact) mass is 323 g/mol. The van der Waals surface area contributed by atoms with E-state index in [1.807, 2.05) is 78.9 Å². The zero-order chi connectivity index (χ0) is 16.1. The second-order valence-corrected chi connectivity index (χ2v) is 6.98. The van der Waals surface area contributed by atoms with Gasteiger partial charge < -0.3 is 0 Å². The first-order valence-electron chi connectivity index (χ1n) is 7.33. The molecule has 0 radical (unpaired) electrons. The Hall–Kier alpha value is -2.59. The van der Waals surface area contributed by atoms with E-state index in [-0.39, 0.29) is 5.75 Å². The van der Waals surface area contributed by atoms with Crippen molar-refractivity contribution in [1.29, 1.82) is 0 Å². The predicted octanol–water partition coefficient (Wildman–Crippen LogP) is 4.30. The summed E-state index contributed by atoms with van der Waals surface area (Å²) in [7, 11) is -3.47. The highest BCUT2D eigenvalue weighted by atomic mass is 32.2. The highest BCUT2D eigenvalue weighted by Crippen LogP contribution is 2.28. The van der Waals surface area contributed by atoms with Crippen LogP contribution in [0.3, 0.4) is 0 Å². The number of anilines is 1. The average Bonchev–Trinajstić information content (AvgIpc) is 2.56. The second-order valence-electron chi connectivity index (χ2n) is 5.26. The molecule has 0 amide bonds. The van der Waals surface area contributed by atoms with Crippen LogP contribution in [-0.4, -0.2) is 8.42 Å². The smallest absolute Gasteiger partial charge is 0.236 e. The van der Waals surface area contributed by atoms with Gasteiger partial charge in [-0.05, 0) is 17.2 Å². The molecule has 3 aromatic rings. The van der Waals surface area contributed by atoms with E-state index in [2.05, 4.69) is 4.72 Å². The van der Waals surface area contributed by atoms with Crippen LogP contribution in [0.5, 0.6) is 0 Å². The van der Waals surface area contributed by atoms with Crippen LogP contribution >= 0.6 is 0 Å². The van der Waals surface area contributed by atoms with Crippen molar-refractivity contribution in [3.63, 3.8) is 0 Å². The molecule has 1 N–H and O–H groups in total. The molecule has 0 spiro atoms. The number of benzene rings is 3. The van der Waals surface area contributed by atoms with Gasteiger partial charge in [0, 0.05) is 5.56 Å². The van der Waals surface area contributed by atoms with Gasteiger partial charge in [0.2, 0.25) is 10.0 Å². The summed E-state index contributed by atoms with van der Waals surface area (Å²) in [5.41, 5.74) is 3.20. The number of nitrogens with one attached hydrogen (secondary N) is 1. The number of para-hydroxylation sites is 1. The van der Waals surface area contributed by atoms with Gasteiger partial charge in [0.15, 0.2) is 0 Å². The Morgan fingerprint density at radius 3 is 1.96 bits per heavy atom. The van der Waals surface area contributed by atoms with E-state index in [9.17, 15) is 8.42 Å². The Labute approximate surface area is 136 Å². The fraction of sp³-hybridized carbons (Fsp3) is 0.0526. The van der Waals surface area contributed by atoms with E-state index in [1.54, 1.807) is 6.07 Å². The quantitative estimate of drug-likeness (QED) is 0.761. The molecule has 3 rings (SSSR count). The van der Waals surface area contributed by atoms with Crippen molar-refractivity contribution in [2.45, 2.75) is 5.75 Å². The van der Waals surface area contributed by atoms with Gasteiger partial charge in [-0.1, -0.05) is 78.9 Å². The minimum absolute atomic E-state index is 0.0447. The lowest BCUT2D eigenvalue weighted by molar-refractivity contribution is 0.600. The minimum Gasteiger partial charge on any atom is -0.283 e. The van der Waals surface area contributed by atoms with Crippen LogP contribution in [0.1, 0.15) is 5.56 Å². The van der Waals surface area contributed by atoms with Crippen molar-refractivity contribution in [1.82, 2.24) is 0 Å². The summed E-state index contributed by atoms with van der Waals surface area (Å²) in [4.78, 5) is 0. The minimum atomic E-state index is -3.47. The summed E-state index contributed by atoms with van der Waals surface area (Å²) in [6, 6.07) is 26.3. The molecule has 116 valence electrons. The second kappa shape index (κ2) is 6.67. The number of hydrogen-bond donors (Lipinski definition) is 1. The van der Waals surface area contributed by atoms with Crippen LogP contribution in [0.25, 0.3) is 11.1 Å². The maximum Gasteiger partial charge on any atom is 0.236 e. The van der Waals surface area contributed by atoms with Crippen molar-refractivity contribution in [3.8, 4) is 11.1 Å². The van der Waals surface area contributed by atoms with Crippen LogP contribution < -0.4 is 4.72 Å². The highest BCUT2D eigenvalue weighted by molar-refractivity contribution is 7.91. The fourth-order valence-electron chi connectivity index (χ4n) is 2.44. The topological polar surface area (TPSA) is 46.2 Å². The van der Waals surface area contributed by atoms with Gasteiger partial charge in [-0.25, -0.2) is 8.42 Å². The number of rotatable bonds is 5. The number of sulfonamides is 1. The third-order valence-electron chi connectivity index (χ3n) is 3.48. The molecule has 3 nitrogen and oxygen atoms in total. The SMILES string of the molecule is O=S(=O)(Cc1ccccc1)Nc1ccccc1-c1ccccc1.